The lowest BCUT2D eigenvalue weighted by molar-refractivity contribution is 0.103. The van der Waals surface area contributed by atoms with Crippen molar-refractivity contribution in [2.75, 3.05) is 11.1 Å². The maximum Gasteiger partial charge on any atom is 0.268 e. The van der Waals surface area contributed by atoms with Gasteiger partial charge in [-0.15, -0.1) is 11.3 Å². The second-order valence-electron chi connectivity index (χ2n) is 4.49. The largest absolute Gasteiger partial charge is 0.396 e. The number of hydrogen-bond acceptors (Lipinski definition) is 5. The fourth-order valence-electron chi connectivity index (χ4n) is 1.91. The summed E-state index contributed by atoms with van der Waals surface area (Å²) < 4.78 is 0.826. The summed E-state index contributed by atoms with van der Waals surface area (Å²) in [5, 5.41) is 2.84. The number of nitrogens with zero attached hydrogens (tertiary/aromatic N) is 2. The van der Waals surface area contributed by atoms with Crippen molar-refractivity contribution in [2.45, 2.75) is 6.92 Å². The van der Waals surface area contributed by atoms with Crippen LogP contribution in [0.2, 0.25) is 0 Å². The number of carbonyl (C=O) groups excluding carboxylic acids is 1. The quantitative estimate of drug-likeness (QED) is 0.729. The summed E-state index contributed by atoms with van der Waals surface area (Å²) in [7, 11) is 0. The van der Waals surface area contributed by atoms with Gasteiger partial charge in [0.2, 0.25) is 0 Å². The molecule has 7 heteroatoms. The molecule has 2 aromatic heterocycles. The molecule has 0 bridgehead atoms. The highest BCUT2D eigenvalue weighted by atomic mass is 79.9. The summed E-state index contributed by atoms with van der Waals surface area (Å²) in [6.07, 6.45) is 3.14. The monoisotopic (exact) mass is 362 g/mol. The third-order valence-corrected chi connectivity index (χ3v) is 4.70. The molecule has 0 radical (unpaired) electrons. The highest BCUT2D eigenvalue weighted by Crippen LogP contribution is 2.32. The van der Waals surface area contributed by atoms with E-state index in [0.717, 1.165) is 10.0 Å². The summed E-state index contributed by atoms with van der Waals surface area (Å²) in [5.74, 6) is -0.262. The first kappa shape index (κ1) is 14.0. The summed E-state index contributed by atoms with van der Waals surface area (Å²) in [4.78, 5) is 21.8. The van der Waals surface area contributed by atoms with Crippen LogP contribution in [0.25, 0.3) is 10.3 Å². The molecule has 0 saturated carbocycles. The van der Waals surface area contributed by atoms with Gasteiger partial charge in [-0.05, 0) is 40.5 Å². The molecular formula is C14H11BrN4OS. The van der Waals surface area contributed by atoms with E-state index in [1.54, 1.807) is 12.4 Å². The molecule has 3 aromatic rings. The maximum absolute atomic E-state index is 12.4. The van der Waals surface area contributed by atoms with Gasteiger partial charge in [0.1, 0.15) is 15.2 Å². The number of rotatable bonds is 2. The number of fused-ring (bicyclic) bond motifs is 1. The highest BCUT2D eigenvalue weighted by molar-refractivity contribution is 9.10. The summed E-state index contributed by atoms with van der Waals surface area (Å²) in [6.45, 7) is 1.98. The molecule has 0 spiro atoms. The van der Waals surface area contributed by atoms with E-state index in [2.05, 4.69) is 31.2 Å². The van der Waals surface area contributed by atoms with Crippen LogP contribution in [0.5, 0.6) is 0 Å². The second-order valence-corrected chi connectivity index (χ2v) is 6.35. The summed E-state index contributed by atoms with van der Waals surface area (Å²) >= 11 is 4.67. The van der Waals surface area contributed by atoms with Gasteiger partial charge in [0.25, 0.3) is 5.91 Å². The summed E-state index contributed by atoms with van der Waals surface area (Å²) in [5.41, 5.74) is 8.72. The molecule has 0 fully saturated rings. The standard InChI is InChI=1S/C14H11BrN4OS/c1-7-2-3-9(8(15)6-7)19-13(20)12-10(16)11-14(21-12)18-5-4-17-11/h2-6H,16H2,1H3,(H,19,20). The molecule has 5 nitrogen and oxygen atoms in total. The molecule has 3 rings (SSSR count). The minimum Gasteiger partial charge on any atom is -0.396 e. The van der Waals surface area contributed by atoms with Gasteiger partial charge in [0, 0.05) is 16.9 Å². The van der Waals surface area contributed by atoms with Gasteiger partial charge in [0.05, 0.1) is 11.4 Å². The number of nitrogens with one attached hydrogen (secondary N) is 1. The van der Waals surface area contributed by atoms with Crippen molar-refractivity contribution >= 4 is 54.9 Å². The van der Waals surface area contributed by atoms with Gasteiger partial charge in [-0.2, -0.15) is 0 Å². The molecule has 1 aromatic carbocycles. The van der Waals surface area contributed by atoms with E-state index in [-0.39, 0.29) is 5.91 Å². The third-order valence-electron chi connectivity index (χ3n) is 2.94. The number of aromatic nitrogens is 2. The zero-order chi connectivity index (χ0) is 15.0. The second kappa shape index (κ2) is 5.42. The molecule has 1 amide bonds. The zero-order valence-corrected chi connectivity index (χ0v) is 13.5. The third kappa shape index (κ3) is 2.62. The number of thiophene rings is 1. The van der Waals surface area contributed by atoms with Crippen molar-refractivity contribution in [2.24, 2.45) is 0 Å². The van der Waals surface area contributed by atoms with E-state index >= 15 is 0 Å². The number of benzene rings is 1. The first-order valence-electron chi connectivity index (χ1n) is 6.13. The first-order chi connectivity index (χ1) is 10.1. The molecular weight excluding hydrogens is 352 g/mol. The number of anilines is 2. The number of amides is 1. The first-order valence-corrected chi connectivity index (χ1v) is 7.73. The molecule has 106 valence electrons. The molecule has 0 unspecified atom stereocenters. The van der Waals surface area contributed by atoms with Gasteiger partial charge in [0.15, 0.2) is 0 Å². The fourth-order valence-corrected chi connectivity index (χ4v) is 3.42. The molecule has 0 saturated heterocycles. The smallest absolute Gasteiger partial charge is 0.268 e. The van der Waals surface area contributed by atoms with Crippen LogP contribution in [0, 0.1) is 6.92 Å². The van der Waals surface area contributed by atoms with Gasteiger partial charge in [-0.1, -0.05) is 6.07 Å². The van der Waals surface area contributed by atoms with Crippen molar-refractivity contribution in [3.8, 4) is 0 Å². The van der Waals surface area contributed by atoms with Crippen molar-refractivity contribution in [3.05, 3.63) is 45.5 Å². The SMILES string of the molecule is Cc1ccc(NC(=O)c2sc3nccnc3c2N)c(Br)c1. The van der Waals surface area contributed by atoms with E-state index in [4.69, 9.17) is 5.73 Å². The van der Waals surface area contributed by atoms with E-state index in [1.807, 2.05) is 25.1 Å². The fraction of sp³-hybridized carbons (Fsp3) is 0.0714. The van der Waals surface area contributed by atoms with Crippen LogP contribution >= 0.6 is 27.3 Å². The molecule has 0 atom stereocenters. The predicted molar refractivity (Wildman–Crippen MR) is 88.7 cm³/mol. The Labute approximate surface area is 133 Å². The average Bonchev–Trinajstić information content (AvgIpc) is 2.80. The van der Waals surface area contributed by atoms with Gasteiger partial charge in [-0.25, -0.2) is 9.97 Å². The van der Waals surface area contributed by atoms with Gasteiger partial charge >= 0.3 is 0 Å². The predicted octanol–water partition coefficient (Wildman–Crippen LogP) is 3.60. The molecule has 3 N–H and O–H groups in total. The number of nitrogens with two attached hydrogens (primary N) is 1. The Hall–Kier alpha value is -1.99. The van der Waals surface area contributed by atoms with Gasteiger partial charge < -0.3 is 11.1 Å². The van der Waals surface area contributed by atoms with E-state index < -0.39 is 0 Å². The normalized spacial score (nSPS) is 10.8. The van der Waals surface area contributed by atoms with Crippen LogP contribution < -0.4 is 11.1 Å². The molecule has 2 heterocycles. The maximum atomic E-state index is 12.4. The van der Waals surface area contributed by atoms with E-state index in [0.29, 0.717) is 26.6 Å². The number of aryl methyl sites for hydroxylation is 1. The van der Waals surface area contributed by atoms with Crippen LogP contribution in [-0.4, -0.2) is 15.9 Å². The number of hydrogen-bond donors (Lipinski definition) is 2. The Bertz CT molecular complexity index is 846. The molecule has 0 aliphatic rings. The number of nitrogen functional groups attached to an aromatic ring is 1. The lowest BCUT2D eigenvalue weighted by atomic mass is 10.2. The van der Waals surface area contributed by atoms with Crippen molar-refractivity contribution in [3.63, 3.8) is 0 Å². The lowest BCUT2D eigenvalue weighted by Crippen LogP contribution is -2.12. The van der Waals surface area contributed by atoms with Crippen molar-refractivity contribution in [1.82, 2.24) is 9.97 Å². The average molecular weight is 363 g/mol. The van der Waals surface area contributed by atoms with Crippen LogP contribution in [0.1, 0.15) is 15.2 Å². The van der Waals surface area contributed by atoms with Crippen molar-refractivity contribution in [1.29, 1.82) is 0 Å². The van der Waals surface area contributed by atoms with Crippen LogP contribution in [0.3, 0.4) is 0 Å². The Morgan fingerprint density at radius 3 is 2.81 bits per heavy atom. The van der Waals surface area contributed by atoms with E-state index in [1.165, 1.54) is 11.3 Å². The van der Waals surface area contributed by atoms with Crippen LogP contribution in [0.15, 0.2) is 35.1 Å². The van der Waals surface area contributed by atoms with E-state index in [9.17, 15) is 4.79 Å². The Morgan fingerprint density at radius 1 is 1.33 bits per heavy atom. The summed E-state index contributed by atoms with van der Waals surface area (Å²) in [6, 6.07) is 5.71. The number of carbonyl (C=O) groups is 1. The Balaban J connectivity index is 1.95. The van der Waals surface area contributed by atoms with Gasteiger partial charge in [-0.3, -0.25) is 4.79 Å². The minimum atomic E-state index is -0.262. The lowest BCUT2D eigenvalue weighted by Gasteiger charge is -2.07. The van der Waals surface area contributed by atoms with Crippen molar-refractivity contribution < 1.29 is 4.79 Å². The minimum absolute atomic E-state index is 0.262. The van der Waals surface area contributed by atoms with Crippen LogP contribution in [0.4, 0.5) is 11.4 Å². The Morgan fingerprint density at radius 2 is 2.10 bits per heavy atom. The number of halogens is 1. The highest BCUT2D eigenvalue weighted by Gasteiger charge is 2.18. The zero-order valence-electron chi connectivity index (χ0n) is 11.1. The molecule has 21 heavy (non-hydrogen) atoms. The van der Waals surface area contributed by atoms with Crippen LogP contribution in [-0.2, 0) is 0 Å². The molecule has 0 aliphatic carbocycles. The Kier molecular flexibility index (Phi) is 3.60. The molecule has 0 aliphatic heterocycles. The topological polar surface area (TPSA) is 80.9 Å².